The Labute approximate surface area is 58.5 Å². The Morgan fingerprint density at radius 2 is 2.12 bits per heavy atom. The summed E-state index contributed by atoms with van der Waals surface area (Å²) in [6.07, 6.45) is 0.500. The minimum atomic E-state index is 0.500. The van der Waals surface area contributed by atoms with E-state index < -0.39 is 0 Å². The number of hydrogen-bond donors (Lipinski definition) is 0. The lowest BCUT2D eigenvalue weighted by Crippen LogP contribution is -1.95. The number of alkyl halides is 1. The SMILES string of the molecule is CCO[C@@H]1[C@@H](C)[C@@H]1Br. The van der Waals surface area contributed by atoms with E-state index in [-0.39, 0.29) is 0 Å². The van der Waals surface area contributed by atoms with Crippen LogP contribution in [-0.4, -0.2) is 17.5 Å². The van der Waals surface area contributed by atoms with Gasteiger partial charge in [-0.15, -0.1) is 0 Å². The van der Waals surface area contributed by atoms with Crippen molar-refractivity contribution in [1.82, 2.24) is 0 Å². The highest BCUT2D eigenvalue weighted by Crippen LogP contribution is 2.40. The summed E-state index contributed by atoms with van der Waals surface area (Å²) in [5.41, 5.74) is 0. The van der Waals surface area contributed by atoms with Crippen LogP contribution in [0.2, 0.25) is 0 Å². The van der Waals surface area contributed by atoms with Gasteiger partial charge in [-0.25, -0.2) is 0 Å². The predicted octanol–water partition coefficient (Wildman–Crippen LogP) is 1.80. The molecule has 0 aromatic heterocycles. The van der Waals surface area contributed by atoms with Crippen molar-refractivity contribution in [1.29, 1.82) is 0 Å². The van der Waals surface area contributed by atoms with Gasteiger partial charge in [0, 0.05) is 11.4 Å². The first-order chi connectivity index (χ1) is 3.77. The fraction of sp³-hybridized carbons (Fsp3) is 1.00. The molecule has 0 N–H and O–H groups in total. The lowest BCUT2D eigenvalue weighted by Gasteiger charge is -1.93. The first-order valence-electron chi connectivity index (χ1n) is 3.03. The molecule has 0 spiro atoms. The summed E-state index contributed by atoms with van der Waals surface area (Å²) in [6, 6.07) is 0. The fourth-order valence-electron chi connectivity index (χ4n) is 0.816. The third-order valence-corrected chi connectivity index (χ3v) is 2.91. The summed E-state index contributed by atoms with van der Waals surface area (Å²) in [5.74, 6) is 0.731. The topological polar surface area (TPSA) is 9.23 Å². The Hall–Kier alpha value is 0.440. The van der Waals surface area contributed by atoms with Crippen molar-refractivity contribution in [3.05, 3.63) is 0 Å². The monoisotopic (exact) mass is 178 g/mol. The molecule has 0 radical (unpaired) electrons. The lowest BCUT2D eigenvalue weighted by molar-refractivity contribution is 0.124. The largest absolute Gasteiger partial charge is 0.377 e. The van der Waals surface area contributed by atoms with Crippen molar-refractivity contribution in [2.45, 2.75) is 24.8 Å². The van der Waals surface area contributed by atoms with E-state index in [1.165, 1.54) is 0 Å². The van der Waals surface area contributed by atoms with E-state index in [4.69, 9.17) is 4.74 Å². The summed E-state index contributed by atoms with van der Waals surface area (Å²) in [7, 11) is 0. The summed E-state index contributed by atoms with van der Waals surface area (Å²) >= 11 is 3.49. The molecule has 0 bridgehead atoms. The van der Waals surface area contributed by atoms with Gasteiger partial charge in [-0.1, -0.05) is 22.9 Å². The molecule has 0 aromatic rings. The fourth-order valence-corrected chi connectivity index (χ4v) is 1.57. The molecule has 3 atom stereocenters. The van der Waals surface area contributed by atoms with E-state index in [2.05, 4.69) is 22.9 Å². The minimum Gasteiger partial charge on any atom is -0.377 e. The Kier molecular flexibility index (Phi) is 1.93. The highest BCUT2D eigenvalue weighted by atomic mass is 79.9. The maximum Gasteiger partial charge on any atom is 0.0740 e. The van der Waals surface area contributed by atoms with Crippen molar-refractivity contribution in [3.8, 4) is 0 Å². The van der Waals surface area contributed by atoms with Crippen LogP contribution in [0, 0.1) is 5.92 Å². The third kappa shape index (κ3) is 1.06. The van der Waals surface area contributed by atoms with E-state index >= 15 is 0 Å². The van der Waals surface area contributed by atoms with Gasteiger partial charge in [0.05, 0.1) is 6.10 Å². The van der Waals surface area contributed by atoms with Crippen LogP contribution in [0.15, 0.2) is 0 Å². The molecular formula is C6H11BrO. The standard InChI is InChI=1S/C6H11BrO/c1-3-8-6-4(2)5(6)7/h4-6H,3H2,1-2H3/t4-,5-,6+/m0/s1. The second-order valence-corrected chi connectivity index (χ2v) is 3.28. The second-order valence-electron chi connectivity index (χ2n) is 2.22. The Morgan fingerprint density at radius 1 is 1.62 bits per heavy atom. The van der Waals surface area contributed by atoms with Gasteiger partial charge in [0.25, 0.3) is 0 Å². The van der Waals surface area contributed by atoms with E-state index in [1.807, 2.05) is 6.92 Å². The Balaban J connectivity index is 2.13. The molecule has 1 aliphatic rings. The smallest absolute Gasteiger partial charge is 0.0740 e. The molecule has 0 unspecified atom stereocenters. The van der Waals surface area contributed by atoms with Crippen molar-refractivity contribution in [2.24, 2.45) is 5.92 Å². The molecule has 1 aliphatic carbocycles. The van der Waals surface area contributed by atoms with Gasteiger partial charge >= 0.3 is 0 Å². The molecule has 0 amide bonds. The zero-order valence-electron chi connectivity index (χ0n) is 5.23. The lowest BCUT2D eigenvalue weighted by atomic mass is 10.5. The van der Waals surface area contributed by atoms with Crippen LogP contribution in [0.1, 0.15) is 13.8 Å². The maximum atomic E-state index is 5.33. The molecule has 48 valence electrons. The van der Waals surface area contributed by atoms with Crippen molar-refractivity contribution >= 4 is 15.9 Å². The van der Waals surface area contributed by atoms with Gasteiger partial charge in [-0.05, 0) is 12.8 Å². The molecule has 1 saturated carbocycles. The molecule has 0 aliphatic heterocycles. The second kappa shape index (κ2) is 2.36. The number of rotatable bonds is 2. The van der Waals surface area contributed by atoms with Crippen molar-refractivity contribution in [3.63, 3.8) is 0 Å². The van der Waals surface area contributed by atoms with Crippen LogP contribution in [0.4, 0.5) is 0 Å². The zero-order valence-corrected chi connectivity index (χ0v) is 6.81. The zero-order chi connectivity index (χ0) is 6.15. The van der Waals surface area contributed by atoms with Crippen LogP contribution in [0.3, 0.4) is 0 Å². The van der Waals surface area contributed by atoms with E-state index in [1.54, 1.807) is 0 Å². The Morgan fingerprint density at radius 3 is 2.25 bits per heavy atom. The van der Waals surface area contributed by atoms with Gasteiger partial charge in [-0.2, -0.15) is 0 Å². The third-order valence-electron chi connectivity index (χ3n) is 1.55. The van der Waals surface area contributed by atoms with Gasteiger partial charge in [0.2, 0.25) is 0 Å². The quantitative estimate of drug-likeness (QED) is 0.587. The average molecular weight is 179 g/mol. The van der Waals surface area contributed by atoms with Gasteiger partial charge < -0.3 is 4.74 Å². The van der Waals surface area contributed by atoms with Gasteiger partial charge in [0.15, 0.2) is 0 Å². The highest BCUT2D eigenvalue weighted by Gasteiger charge is 2.45. The summed E-state index contributed by atoms with van der Waals surface area (Å²) < 4.78 is 5.33. The highest BCUT2D eigenvalue weighted by molar-refractivity contribution is 9.09. The molecule has 0 heterocycles. The molecule has 0 aromatic carbocycles. The first kappa shape index (κ1) is 6.56. The minimum absolute atomic E-state index is 0.500. The molecule has 1 fully saturated rings. The summed E-state index contributed by atoms with van der Waals surface area (Å²) in [6.45, 7) is 5.07. The van der Waals surface area contributed by atoms with Crippen LogP contribution in [-0.2, 0) is 4.74 Å². The van der Waals surface area contributed by atoms with Gasteiger partial charge in [0.1, 0.15) is 0 Å². The maximum absolute atomic E-state index is 5.33. The normalized spacial score (nSPS) is 44.6. The van der Waals surface area contributed by atoms with Crippen LogP contribution in [0.5, 0.6) is 0 Å². The van der Waals surface area contributed by atoms with Crippen molar-refractivity contribution < 1.29 is 4.74 Å². The van der Waals surface area contributed by atoms with Crippen LogP contribution >= 0.6 is 15.9 Å². The molecule has 1 nitrogen and oxygen atoms in total. The molecule has 0 saturated heterocycles. The van der Waals surface area contributed by atoms with Gasteiger partial charge in [-0.3, -0.25) is 0 Å². The van der Waals surface area contributed by atoms with E-state index in [0.29, 0.717) is 10.9 Å². The van der Waals surface area contributed by atoms with E-state index in [0.717, 1.165) is 12.5 Å². The molecule has 8 heavy (non-hydrogen) atoms. The Bertz CT molecular complexity index is 76.6. The summed E-state index contributed by atoms with van der Waals surface area (Å²) in [4.78, 5) is 0.627. The average Bonchev–Trinajstić information content (AvgIpc) is 2.25. The molecule has 2 heteroatoms. The molecule has 1 rings (SSSR count). The van der Waals surface area contributed by atoms with Crippen LogP contribution < -0.4 is 0 Å². The van der Waals surface area contributed by atoms with Crippen LogP contribution in [0.25, 0.3) is 0 Å². The number of hydrogen-bond acceptors (Lipinski definition) is 1. The first-order valence-corrected chi connectivity index (χ1v) is 3.94. The number of halogens is 1. The van der Waals surface area contributed by atoms with E-state index in [9.17, 15) is 0 Å². The molecular weight excluding hydrogens is 168 g/mol. The van der Waals surface area contributed by atoms with Crippen molar-refractivity contribution in [2.75, 3.05) is 6.61 Å². The predicted molar refractivity (Wildman–Crippen MR) is 37.3 cm³/mol. The number of ether oxygens (including phenoxy) is 1. The summed E-state index contributed by atoms with van der Waals surface area (Å²) in [5, 5.41) is 0.